The quantitative estimate of drug-likeness (QED) is 0.0587. The third-order valence-electron chi connectivity index (χ3n) is 10.2. The minimum Gasteiger partial charge on any atom is 0 e. The minimum atomic E-state index is -1.93. The summed E-state index contributed by atoms with van der Waals surface area (Å²) in [5.41, 5.74) is 5.11. The minimum absolute atomic E-state index is 0. The summed E-state index contributed by atoms with van der Waals surface area (Å²) in [6.45, 7) is 15.0. The van der Waals surface area contributed by atoms with Crippen molar-refractivity contribution in [1.29, 1.82) is 0 Å². The Morgan fingerprint density at radius 1 is 0.837 bits per heavy atom. The molecule has 0 unspecified atom stereocenters. The van der Waals surface area contributed by atoms with E-state index in [2.05, 4.69) is 92.6 Å². The number of nitrogens with zero attached hydrogens (tertiary/aromatic N) is 1. The van der Waals surface area contributed by atoms with Crippen molar-refractivity contribution in [3.63, 3.8) is 0 Å². The molecule has 0 spiro atoms. The number of aryl methyl sites for hydroxylation is 1. The number of fused-ring (bicyclic) bond motifs is 4. The molecule has 265 valence electrons. The second-order valence-electron chi connectivity index (χ2n) is 14.2. The number of aliphatic hydroxyl groups excluding tert-OH is 1. The van der Waals surface area contributed by atoms with Crippen LogP contribution in [-0.2, 0) is 24.9 Å². The Hall–Kier alpha value is -2.31. The number of thiophene rings is 1. The first-order chi connectivity index (χ1) is 22.9. The van der Waals surface area contributed by atoms with Crippen molar-refractivity contribution in [3.8, 4) is 11.3 Å². The Bertz CT molecular complexity index is 1890. The molecular weight excluding hydrogens is 859 g/mol. The first kappa shape index (κ1) is 41.1. The number of hydrogen-bond acceptors (Lipinski definition) is 4. The van der Waals surface area contributed by atoms with Gasteiger partial charge in [-0.2, -0.15) is 0 Å². The van der Waals surface area contributed by atoms with Crippen LogP contribution in [0.3, 0.4) is 0 Å². The van der Waals surface area contributed by atoms with Crippen molar-refractivity contribution < 1.29 is 30.0 Å². The molecule has 0 bridgehead atoms. The van der Waals surface area contributed by atoms with Gasteiger partial charge in [0, 0.05) is 38.0 Å². The summed E-state index contributed by atoms with van der Waals surface area (Å²) in [5, 5.41) is 15.0. The summed E-state index contributed by atoms with van der Waals surface area (Å²) in [5.74, 6) is 8.55. The van der Waals surface area contributed by atoms with Crippen LogP contribution in [-0.4, -0.2) is 29.1 Å². The number of carbonyl (C=O) groups excluding carboxylic acids is 1. The van der Waals surface area contributed by atoms with E-state index in [1.165, 1.54) is 48.1 Å². The summed E-state index contributed by atoms with van der Waals surface area (Å²) < 4.78 is 4.33. The van der Waals surface area contributed by atoms with E-state index in [0.29, 0.717) is 5.92 Å². The molecule has 0 aliphatic carbocycles. The van der Waals surface area contributed by atoms with Crippen LogP contribution < -0.4 is 4.40 Å². The van der Waals surface area contributed by atoms with E-state index in [4.69, 9.17) is 4.98 Å². The van der Waals surface area contributed by atoms with Crippen LogP contribution in [0, 0.1) is 24.8 Å². The van der Waals surface area contributed by atoms with Crippen LogP contribution in [0.2, 0.25) is 17.3 Å². The van der Waals surface area contributed by atoms with Gasteiger partial charge in [0.05, 0.1) is 5.76 Å². The zero-order valence-electron chi connectivity index (χ0n) is 31.3. The number of pyridine rings is 1. The molecule has 0 amide bonds. The first-order valence-electron chi connectivity index (χ1n) is 18.1. The second-order valence-corrected chi connectivity index (χ2v) is 25.8. The molecule has 49 heavy (non-hydrogen) atoms. The van der Waals surface area contributed by atoms with Gasteiger partial charge >= 0.3 is 205 Å². The van der Waals surface area contributed by atoms with E-state index in [-0.39, 0.29) is 43.5 Å². The van der Waals surface area contributed by atoms with Crippen molar-refractivity contribution in [3.05, 3.63) is 83.8 Å². The monoisotopic (exact) mass is 917 g/mol. The summed E-state index contributed by atoms with van der Waals surface area (Å²) in [6, 6.07) is 21.8. The average molecular weight is 916 g/mol. The topological polar surface area (TPSA) is 50.2 Å². The molecule has 6 heteroatoms. The van der Waals surface area contributed by atoms with Crippen molar-refractivity contribution in [2.45, 2.75) is 110 Å². The number of ketones is 1. The molecular formula is C43H56GeIrNO2S-. The van der Waals surface area contributed by atoms with Crippen molar-refractivity contribution in [1.82, 2.24) is 4.98 Å². The normalized spacial score (nSPS) is 12.2. The molecule has 0 aliphatic heterocycles. The second kappa shape index (κ2) is 18.3. The Morgan fingerprint density at radius 3 is 2.04 bits per heavy atom. The maximum absolute atomic E-state index is 11.7. The van der Waals surface area contributed by atoms with Gasteiger partial charge in [-0.3, -0.25) is 4.79 Å². The van der Waals surface area contributed by atoms with Crippen molar-refractivity contribution >= 4 is 65.7 Å². The van der Waals surface area contributed by atoms with Gasteiger partial charge < -0.3 is 5.11 Å². The van der Waals surface area contributed by atoms with E-state index >= 15 is 0 Å². The fraction of sp³-hybridized carbons (Fsp3) is 0.442. The van der Waals surface area contributed by atoms with Gasteiger partial charge in [-0.05, 0) is 25.7 Å². The number of aromatic nitrogens is 1. The number of allylic oxidation sites excluding steroid dienone is 2. The van der Waals surface area contributed by atoms with Crippen LogP contribution in [0.25, 0.3) is 42.2 Å². The summed E-state index contributed by atoms with van der Waals surface area (Å²) in [7, 11) is 0. The standard InChI is InChI=1S/C30H32GeNS.C13H24O2.Ir/c1-7-20(8-2)26-18-22(17-21-11-9-10-12-23(21)26)28-30-25(15-16-32-28)24-13-14-27(31(4,5)6)19(3)29(24)33-30;1-5-10(6-2)12(14)9-13(15)11(7-3)8-4;/h9-16,18,20H,7-8H2,1-6H3;9-11,14H,5-8H2,1-4H3;/q-1;;/b;12-9-;. The van der Waals surface area contributed by atoms with Gasteiger partial charge in [0.2, 0.25) is 0 Å². The van der Waals surface area contributed by atoms with Gasteiger partial charge in [-0.25, -0.2) is 0 Å². The largest absolute Gasteiger partial charge is 0 e. The molecule has 2 aromatic heterocycles. The van der Waals surface area contributed by atoms with Crippen molar-refractivity contribution in [2.75, 3.05) is 0 Å². The van der Waals surface area contributed by atoms with Gasteiger partial charge in [0.25, 0.3) is 0 Å². The smallest absolute Gasteiger partial charge is 0 e. The number of benzene rings is 3. The van der Waals surface area contributed by atoms with Gasteiger partial charge in [0.15, 0.2) is 5.78 Å². The number of carbonyl (C=O) groups is 1. The third kappa shape index (κ3) is 9.14. The molecule has 2 heterocycles. The number of rotatable bonds is 12. The summed E-state index contributed by atoms with van der Waals surface area (Å²) >= 11 is -0.0115. The first-order valence-corrected chi connectivity index (χ1v) is 26.3. The Labute approximate surface area is 315 Å². The fourth-order valence-electron chi connectivity index (χ4n) is 7.14. The zero-order chi connectivity index (χ0) is 35.2. The predicted molar refractivity (Wildman–Crippen MR) is 214 cm³/mol. The molecule has 1 N–H and O–H groups in total. The number of aliphatic hydroxyl groups is 1. The molecule has 1 radical (unpaired) electrons. The van der Waals surface area contributed by atoms with Crippen LogP contribution in [0.15, 0.2) is 66.6 Å². The van der Waals surface area contributed by atoms with Crippen molar-refractivity contribution in [2.24, 2.45) is 11.8 Å². The summed E-state index contributed by atoms with van der Waals surface area (Å²) in [6.07, 6.45) is 9.17. The van der Waals surface area contributed by atoms with E-state index in [1.807, 2.05) is 45.2 Å². The fourth-order valence-corrected chi connectivity index (χ4v) is 12.5. The van der Waals surface area contributed by atoms with E-state index in [0.717, 1.165) is 49.8 Å². The van der Waals surface area contributed by atoms with E-state index in [1.54, 1.807) is 4.40 Å². The number of hydrogen-bond donors (Lipinski definition) is 1. The van der Waals surface area contributed by atoms with Crippen LogP contribution >= 0.6 is 11.3 Å². The van der Waals surface area contributed by atoms with Crippen LogP contribution in [0.4, 0.5) is 0 Å². The third-order valence-corrected chi connectivity index (χ3v) is 16.1. The van der Waals surface area contributed by atoms with Gasteiger partial charge in [0.1, 0.15) is 0 Å². The van der Waals surface area contributed by atoms with Gasteiger partial charge in [-0.15, -0.1) is 0 Å². The Balaban J connectivity index is 0.000000347. The maximum atomic E-state index is 11.7. The molecule has 3 aromatic carbocycles. The molecule has 0 saturated heterocycles. The molecule has 0 aliphatic rings. The molecule has 5 rings (SSSR count). The Morgan fingerprint density at radius 2 is 1.45 bits per heavy atom. The molecule has 3 nitrogen and oxygen atoms in total. The Kier molecular flexibility index (Phi) is 15.3. The van der Waals surface area contributed by atoms with Gasteiger partial charge in [-0.1, -0.05) is 27.7 Å². The maximum Gasteiger partial charge on any atom is 0 e. The van der Waals surface area contributed by atoms with Crippen LogP contribution in [0.1, 0.15) is 97.1 Å². The SMILES string of the molecule is CCC(CC)C(=O)/C=C(\O)C(CC)CC.CCC(CC)c1cc(-c2nccc3c2sc2c(C)[c]([Ge]([CH3])([CH3])[CH3])ccc23)[c-]c2ccccc12.[Ir]. The average Bonchev–Trinajstić information content (AvgIpc) is 3.46. The molecule has 5 aromatic rings. The van der Waals surface area contributed by atoms with E-state index in [9.17, 15) is 9.90 Å². The van der Waals surface area contributed by atoms with E-state index < -0.39 is 13.3 Å². The molecule has 0 atom stereocenters. The zero-order valence-corrected chi connectivity index (χ0v) is 36.6. The van der Waals surface area contributed by atoms with Crippen LogP contribution in [0.5, 0.6) is 0 Å². The molecule has 0 saturated carbocycles. The predicted octanol–water partition coefficient (Wildman–Crippen LogP) is 12.7. The summed E-state index contributed by atoms with van der Waals surface area (Å²) in [4.78, 5) is 16.6. The molecule has 0 fully saturated rings.